The van der Waals surface area contributed by atoms with Crippen molar-refractivity contribution in [1.82, 2.24) is 0 Å². The van der Waals surface area contributed by atoms with Gasteiger partial charge in [0.1, 0.15) is 5.75 Å². The summed E-state index contributed by atoms with van der Waals surface area (Å²) in [6, 6.07) is 2.47. The van der Waals surface area contributed by atoms with Gasteiger partial charge in [0.15, 0.2) is 5.69 Å². The molecule has 0 aromatic heterocycles. The second-order valence-corrected chi connectivity index (χ2v) is 4.58. The van der Waals surface area contributed by atoms with Crippen LogP contribution in [0.4, 0.5) is 17.1 Å². The molecule has 0 unspecified atom stereocenters. The molecule has 0 amide bonds. The third kappa shape index (κ3) is 2.63. The number of rotatable bonds is 4. The van der Waals surface area contributed by atoms with Gasteiger partial charge < -0.3 is 9.64 Å². The maximum Gasteiger partial charge on any atom is 0.303 e. The average molecular weight is 281 g/mol. The van der Waals surface area contributed by atoms with Crippen LogP contribution in [0, 0.1) is 20.2 Å². The Morgan fingerprint density at radius 2 is 1.55 bits per heavy atom. The lowest BCUT2D eigenvalue weighted by Crippen LogP contribution is -2.30. The average Bonchev–Trinajstić information content (AvgIpc) is 2.46. The van der Waals surface area contributed by atoms with Gasteiger partial charge in [-0.1, -0.05) is 0 Å². The quantitative estimate of drug-likeness (QED) is 0.621. The highest BCUT2D eigenvalue weighted by molar-refractivity contribution is 5.77. The van der Waals surface area contributed by atoms with Gasteiger partial charge in [-0.15, -0.1) is 0 Å². The lowest BCUT2D eigenvalue weighted by molar-refractivity contribution is -0.392. The molecular weight excluding hydrogens is 266 g/mol. The minimum atomic E-state index is -0.598. The number of methoxy groups -OCH3 is 1. The van der Waals surface area contributed by atoms with E-state index >= 15 is 0 Å². The van der Waals surface area contributed by atoms with Gasteiger partial charge in [-0.05, 0) is 19.3 Å². The summed E-state index contributed by atoms with van der Waals surface area (Å²) in [7, 11) is 1.32. The summed E-state index contributed by atoms with van der Waals surface area (Å²) < 4.78 is 4.91. The first-order valence-electron chi connectivity index (χ1n) is 6.30. The number of piperidine rings is 1. The van der Waals surface area contributed by atoms with E-state index in [0.29, 0.717) is 13.1 Å². The van der Waals surface area contributed by atoms with Crippen molar-refractivity contribution < 1.29 is 14.6 Å². The van der Waals surface area contributed by atoms with Crippen molar-refractivity contribution in [2.75, 3.05) is 25.1 Å². The Balaban J connectivity index is 2.60. The number of anilines is 1. The monoisotopic (exact) mass is 281 g/mol. The van der Waals surface area contributed by atoms with Gasteiger partial charge >= 0.3 is 11.4 Å². The van der Waals surface area contributed by atoms with Crippen LogP contribution in [0.5, 0.6) is 5.75 Å². The number of nitrogens with zero attached hydrogens (tertiary/aromatic N) is 3. The zero-order valence-corrected chi connectivity index (χ0v) is 11.1. The minimum Gasteiger partial charge on any atom is -0.496 e. The van der Waals surface area contributed by atoms with Gasteiger partial charge in [-0.3, -0.25) is 20.2 Å². The molecule has 0 bridgehead atoms. The molecule has 8 heteroatoms. The van der Waals surface area contributed by atoms with Gasteiger partial charge in [0, 0.05) is 13.1 Å². The summed E-state index contributed by atoms with van der Waals surface area (Å²) in [5.41, 5.74) is -0.476. The molecule has 8 nitrogen and oxygen atoms in total. The zero-order chi connectivity index (χ0) is 14.7. The molecule has 0 atom stereocenters. The lowest BCUT2D eigenvalue weighted by Gasteiger charge is -2.28. The number of nitro benzene ring substituents is 2. The predicted octanol–water partition coefficient (Wildman–Crippen LogP) is 2.50. The molecule has 1 saturated heterocycles. The van der Waals surface area contributed by atoms with Gasteiger partial charge in [-0.2, -0.15) is 0 Å². The fourth-order valence-corrected chi connectivity index (χ4v) is 2.42. The minimum absolute atomic E-state index is 0.0838. The molecule has 108 valence electrons. The molecule has 1 aromatic rings. The molecule has 1 heterocycles. The molecule has 0 aliphatic carbocycles. The Labute approximate surface area is 115 Å². The highest BCUT2D eigenvalue weighted by Crippen LogP contribution is 2.41. The van der Waals surface area contributed by atoms with Crippen LogP contribution >= 0.6 is 0 Å². The van der Waals surface area contributed by atoms with Crippen molar-refractivity contribution in [3.8, 4) is 5.75 Å². The van der Waals surface area contributed by atoms with Crippen LogP contribution in [-0.2, 0) is 0 Å². The number of nitro groups is 2. The van der Waals surface area contributed by atoms with Gasteiger partial charge in [0.25, 0.3) is 0 Å². The van der Waals surface area contributed by atoms with E-state index in [-0.39, 0.29) is 22.8 Å². The van der Waals surface area contributed by atoms with Crippen molar-refractivity contribution in [3.63, 3.8) is 0 Å². The largest absolute Gasteiger partial charge is 0.496 e. The van der Waals surface area contributed by atoms with E-state index in [1.807, 2.05) is 0 Å². The van der Waals surface area contributed by atoms with Crippen molar-refractivity contribution in [3.05, 3.63) is 32.4 Å². The van der Waals surface area contributed by atoms with Crippen molar-refractivity contribution in [2.24, 2.45) is 0 Å². The number of hydrogen-bond acceptors (Lipinski definition) is 6. The van der Waals surface area contributed by atoms with Gasteiger partial charge in [0.2, 0.25) is 0 Å². The molecule has 1 fully saturated rings. The Hall–Kier alpha value is -2.38. The first-order chi connectivity index (χ1) is 9.54. The van der Waals surface area contributed by atoms with Crippen LogP contribution < -0.4 is 9.64 Å². The predicted molar refractivity (Wildman–Crippen MR) is 72.4 cm³/mol. The summed E-state index contributed by atoms with van der Waals surface area (Å²) in [4.78, 5) is 22.9. The van der Waals surface area contributed by atoms with E-state index in [1.54, 1.807) is 4.90 Å². The lowest BCUT2D eigenvalue weighted by atomic mass is 10.1. The van der Waals surface area contributed by atoms with Crippen LogP contribution in [0.2, 0.25) is 0 Å². The fourth-order valence-electron chi connectivity index (χ4n) is 2.42. The van der Waals surface area contributed by atoms with E-state index in [1.165, 1.54) is 19.2 Å². The summed E-state index contributed by atoms with van der Waals surface area (Å²) in [5.74, 6) is 0.115. The van der Waals surface area contributed by atoms with E-state index in [4.69, 9.17) is 4.74 Å². The molecule has 1 aliphatic heterocycles. The zero-order valence-electron chi connectivity index (χ0n) is 11.1. The van der Waals surface area contributed by atoms with E-state index < -0.39 is 9.85 Å². The maximum absolute atomic E-state index is 11.2. The van der Waals surface area contributed by atoms with Crippen LogP contribution in [-0.4, -0.2) is 30.0 Å². The van der Waals surface area contributed by atoms with Crippen molar-refractivity contribution in [2.45, 2.75) is 19.3 Å². The Morgan fingerprint density at radius 1 is 1.05 bits per heavy atom. The molecular formula is C12H15N3O5. The molecule has 2 rings (SSSR count). The molecule has 0 N–H and O–H groups in total. The van der Waals surface area contributed by atoms with Gasteiger partial charge in [-0.25, -0.2) is 0 Å². The topological polar surface area (TPSA) is 98.8 Å². The SMILES string of the molecule is COc1cc([N+](=O)[O-])c(N2CCCCC2)c([N+](=O)[O-])c1. The smallest absolute Gasteiger partial charge is 0.303 e. The number of benzene rings is 1. The van der Waals surface area contributed by atoms with Crippen LogP contribution in [0.15, 0.2) is 12.1 Å². The highest BCUT2D eigenvalue weighted by atomic mass is 16.6. The Bertz CT molecular complexity index is 505. The molecule has 20 heavy (non-hydrogen) atoms. The van der Waals surface area contributed by atoms with Crippen LogP contribution in [0.3, 0.4) is 0 Å². The summed E-state index contributed by atoms with van der Waals surface area (Å²) >= 11 is 0. The molecule has 0 saturated carbocycles. The third-order valence-corrected chi connectivity index (χ3v) is 3.34. The maximum atomic E-state index is 11.2. The molecule has 0 spiro atoms. The second-order valence-electron chi connectivity index (χ2n) is 4.58. The summed E-state index contributed by atoms with van der Waals surface area (Å²) in [6.45, 7) is 1.18. The first kappa shape index (κ1) is 14.0. The number of hydrogen-bond donors (Lipinski definition) is 0. The van der Waals surface area contributed by atoms with Gasteiger partial charge in [0.05, 0.1) is 29.1 Å². The standard InChI is InChI=1S/C12H15N3O5/c1-20-9-7-10(14(16)17)12(11(8-9)15(18)19)13-5-3-2-4-6-13/h7-8H,2-6H2,1H3. The van der Waals surface area contributed by atoms with Crippen molar-refractivity contribution in [1.29, 1.82) is 0 Å². The summed E-state index contributed by atoms with van der Waals surface area (Å²) in [5, 5.41) is 22.4. The molecule has 0 radical (unpaired) electrons. The highest BCUT2D eigenvalue weighted by Gasteiger charge is 2.32. The normalized spacial score (nSPS) is 14.9. The second kappa shape index (κ2) is 5.72. The van der Waals surface area contributed by atoms with E-state index in [9.17, 15) is 20.2 Å². The first-order valence-corrected chi connectivity index (χ1v) is 6.30. The van der Waals surface area contributed by atoms with Crippen LogP contribution in [0.1, 0.15) is 19.3 Å². The Kier molecular flexibility index (Phi) is 4.02. The van der Waals surface area contributed by atoms with Crippen LogP contribution in [0.25, 0.3) is 0 Å². The summed E-state index contributed by atoms with van der Waals surface area (Å²) in [6.07, 6.45) is 2.79. The van der Waals surface area contributed by atoms with E-state index in [2.05, 4.69) is 0 Å². The third-order valence-electron chi connectivity index (χ3n) is 3.34. The Morgan fingerprint density at radius 3 is 1.95 bits per heavy atom. The fraction of sp³-hybridized carbons (Fsp3) is 0.500. The molecule has 1 aromatic carbocycles. The van der Waals surface area contributed by atoms with E-state index in [0.717, 1.165) is 19.3 Å². The van der Waals surface area contributed by atoms with Crippen molar-refractivity contribution >= 4 is 17.1 Å². The molecule has 1 aliphatic rings. The number of ether oxygens (including phenoxy) is 1.